The summed E-state index contributed by atoms with van der Waals surface area (Å²) in [6.45, 7) is 0.692. The van der Waals surface area contributed by atoms with Gasteiger partial charge in [0.2, 0.25) is 0 Å². The third kappa shape index (κ3) is 2.90. The van der Waals surface area contributed by atoms with Crippen molar-refractivity contribution in [2.45, 2.75) is 12.5 Å². The molecular formula is C19H19N3O2. The van der Waals surface area contributed by atoms with Crippen molar-refractivity contribution >= 4 is 11.4 Å². The van der Waals surface area contributed by atoms with E-state index in [9.17, 15) is 10.1 Å². The number of ketones is 1. The van der Waals surface area contributed by atoms with Gasteiger partial charge in [-0.05, 0) is 22.8 Å². The second kappa shape index (κ2) is 6.83. The lowest BCUT2D eigenvalue weighted by atomic mass is 9.81. The minimum atomic E-state index is -0.609. The number of hydrogen-bond donors (Lipinski definition) is 1. The van der Waals surface area contributed by atoms with Gasteiger partial charge in [-0.15, -0.1) is 0 Å². The van der Waals surface area contributed by atoms with Gasteiger partial charge in [-0.1, -0.05) is 30.3 Å². The number of ether oxygens (including phenoxy) is 1. The van der Waals surface area contributed by atoms with Crippen LogP contribution in [0.2, 0.25) is 0 Å². The van der Waals surface area contributed by atoms with Gasteiger partial charge in [-0.3, -0.25) is 4.79 Å². The lowest BCUT2D eigenvalue weighted by Crippen LogP contribution is -2.31. The van der Waals surface area contributed by atoms with Crippen LogP contribution >= 0.6 is 0 Å². The molecule has 3 rings (SSSR count). The van der Waals surface area contributed by atoms with E-state index in [0.717, 1.165) is 22.3 Å². The van der Waals surface area contributed by atoms with Crippen LogP contribution in [0.15, 0.2) is 59.5 Å². The lowest BCUT2D eigenvalue weighted by molar-refractivity contribution is -0.127. The van der Waals surface area contributed by atoms with Gasteiger partial charge >= 0.3 is 0 Å². The number of Topliss-reactive ketones (excluding diaryl/α,β-unsaturated/α-hetero) is 1. The smallest absolute Gasteiger partial charge is 0.169 e. The molecule has 1 heterocycles. The molecule has 0 saturated carbocycles. The Morgan fingerprint density at radius 2 is 2.12 bits per heavy atom. The Morgan fingerprint density at radius 1 is 1.38 bits per heavy atom. The van der Waals surface area contributed by atoms with Crippen LogP contribution in [0.1, 0.15) is 12.0 Å². The van der Waals surface area contributed by atoms with Crippen molar-refractivity contribution in [3.8, 4) is 6.07 Å². The highest BCUT2D eigenvalue weighted by atomic mass is 16.5. The number of hydrogen-bond acceptors (Lipinski definition) is 5. The summed E-state index contributed by atoms with van der Waals surface area (Å²) in [6, 6.07) is 12.0. The van der Waals surface area contributed by atoms with Crippen molar-refractivity contribution in [2.24, 2.45) is 5.73 Å². The Morgan fingerprint density at radius 3 is 2.79 bits per heavy atom. The first-order valence-electron chi connectivity index (χ1n) is 7.86. The minimum absolute atomic E-state index is 0.0136. The molecule has 5 heteroatoms. The van der Waals surface area contributed by atoms with Gasteiger partial charge in [0.25, 0.3) is 0 Å². The SMILES string of the molecule is CN1C=C2CC(=O)C(OCCN)C=C2C(c2ccccc2)=C1C#N. The van der Waals surface area contributed by atoms with E-state index in [1.165, 1.54) is 0 Å². The molecule has 1 atom stereocenters. The minimum Gasteiger partial charge on any atom is -0.365 e. The third-order valence-corrected chi connectivity index (χ3v) is 4.14. The Kier molecular flexibility index (Phi) is 4.61. The number of carbonyl (C=O) groups is 1. The molecule has 5 nitrogen and oxygen atoms in total. The molecule has 0 bridgehead atoms. The van der Waals surface area contributed by atoms with Crippen LogP contribution in [-0.2, 0) is 9.53 Å². The fraction of sp³-hybridized carbons (Fsp3) is 0.263. The van der Waals surface area contributed by atoms with Crippen LogP contribution in [0.25, 0.3) is 5.57 Å². The standard InChI is InChI=1S/C19H19N3O2/c1-22-12-14-9-17(23)18(24-8-7-20)10-15(14)19(16(22)11-21)13-5-3-2-4-6-13/h2-6,10,12,18H,7-9,20H2,1H3. The highest BCUT2D eigenvalue weighted by Gasteiger charge is 2.32. The largest absolute Gasteiger partial charge is 0.365 e. The van der Waals surface area contributed by atoms with E-state index in [0.29, 0.717) is 25.3 Å². The summed E-state index contributed by atoms with van der Waals surface area (Å²) in [6.07, 6.45) is 3.36. The Hall–Kier alpha value is -2.68. The van der Waals surface area contributed by atoms with Gasteiger partial charge in [-0.25, -0.2) is 0 Å². The van der Waals surface area contributed by atoms with E-state index >= 15 is 0 Å². The molecule has 2 aliphatic rings. The number of allylic oxidation sites excluding steroid dienone is 4. The summed E-state index contributed by atoms with van der Waals surface area (Å²) in [5, 5.41) is 9.62. The van der Waals surface area contributed by atoms with Crippen LogP contribution < -0.4 is 5.73 Å². The Bertz CT molecular complexity index is 785. The molecule has 1 unspecified atom stereocenters. The molecule has 1 aliphatic carbocycles. The molecule has 122 valence electrons. The predicted molar refractivity (Wildman–Crippen MR) is 91.3 cm³/mol. The maximum Gasteiger partial charge on any atom is 0.169 e. The van der Waals surface area contributed by atoms with Crippen molar-refractivity contribution in [1.82, 2.24) is 4.90 Å². The van der Waals surface area contributed by atoms with Crippen molar-refractivity contribution in [3.05, 3.63) is 65.0 Å². The average Bonchev–Trinajstić information content (AvgIpc) is 2.60. The number of benzene rings is 1. The summed E-state index contributed by atoms with van der Waals surface area (Å²) in [5.74, 6) is 0.0136. The lowest BCUT2D eigenvalue weighted by Gasteiger charge is -2.31. The van der Waals surface area contributed by atoms with Crippen LogP contribution in [0.4, 0.5) is 0 Å². The van der Waals surface area contributed by atoms with Crippen LogP contribution in [-0.4, -0.2) is 37.0 Å². The number of nitrogens with zero attached hydrogens (tertiary/aromatic N) is 2. The number of rotatable bonds is 4. The molecule has 0 fully saturated rings. The number of nitrogens with two attached hydrogens (primary N) is 1. The Labute approximate surface area is 141 Å². The molecule has 1 aromatic carbocycles. The molecule has 0 aromatic heterocycles. The van der Waals surface area contributed by atoms with E-state index in [4.69, 9.17) is 10.5 Å². The maximum absolute atomic E-state index is 12.3. The van der Waals surface area contributed by atoms with Crippen LogP contribution in [0, 0.1) is 11.3 Å². The van der Waals surface area contributed by atoms with Crippen LogP contribution in [0.3, 0.4) is 0 Å². The highest BCUT2D eigenvalue weighted by molar-refractivity contribution is 5.98. The van der Waals surface area contributed by atoms with Crippen molar-refractivity contribution in [2.75, 3.05) is 20.2 Å². The summed E-state index contributed by atoms with van der Waals surface area (Å²) in [7, 11) is 1.83. The third-order valence-electron chi connectivity index (χ3n) is 4.14. The van der Waals surface area contributed by atoms with E-state index < -0.39 is 6.10 Å². The summed E-state index contributed by atoms with van der Waals surface area (Å²) < 4.78 is 5.58. The highest BCUT2D eigenvalue weighted by Crippen LogP contribution is 2.40. The van der Waals surface area contributed by atoms with Gasteiger partial charge in [0.05, 0.1) is 6.61 Å². The fourth-order valence-corrected chi connectivity index (χ4v) is 3.06. The van der Waals surface area contributed by atoms with Gasteiger partial charge in [0, 0.05) is 31.8 Å². The quantitative estimate of drug-likeness (QED) is 0.917. The normalized spacial score (nSPS) is 20.3. The van der Waals surface area contributed by atoms with E-state index in [-0.39, 0.29) is 5.78 Å². The first-order chi connectivity index (χ1) is 11.7. The van der Waals surface area contributed by atoms with Crippen LogP contribution in [0.5, 0.6) is 0 Å². The zero-order valence-electron chi connectivity index (χ0n) is 13.5. The van der Waals surface area contributed by atoms with Gasteiger partial charge in [0.1, 0.15) is 17.9 Å². The van der Waals surface area contributed by atoms with Gasteiger partial charge in [0.15, 0.2) is 5.78 Å². The monoisotopic (exact) mass is 321 g/mol. The molecule has 0 radical (unpaired) electrons. The van der Waals surface area contributed by atoms with Gasteiger partial charge in [-0.2, -0.15) is 5.26 Å². The second-order valence-electron chi connectivity index (χ2n) is 5.77. The van der Waals surface area contributed by atoms with Gasteiger partial charge < -0.3 is 15.4 Å². The Balaban J connectivity index is 2.12. The maximum atomic E-state index is 12.3. The molecule has 0 amide bonds. The van der Waals surface area contributed by atoms with E-state index in [1.54, 1.807) is 4.90 Å². The molecule has 1 aromatic rings. The molecule has 1 aliphatic heterocycles. The first kappa shape index (κ1) is 16.2. The van der Waals surface area contributed by atoms with Crippen molar-refractivity contribution in [1.29, 1.82) is 5.26 Å². The summed E-state index contributed by atoms with van der Waals surface area (Å²) in [4.78, 5) is 14.1. The topological polar surface area (TPSA) is 79.3 Å². The molecule has 2 N–H and O–H groups in total. The zero-order chi connectivity index (χ0) is 17.1. The zero-order valence-corrected chi connectivity index (χ0v) is 13.5. The number of nitriles is 1. The summed E-state index contributed by atoms with van der Waals surface area (Å²) >= 11 is 0. The predicted octanol–water partition coefficient (Wildman–Crippen LogP) is 1.99. The molecule has 24 heavy (non-hydrogen) atoms. The average molecular weight is 321 g/mol. The first-order valence-corrected chi connectivity index (χ1v) is 7.86. The molecular weight excluding hydrogens is 302 g/mol. The molecule has 0 spiro atoms. The fourth-order valence-electron chi connectivity index (χ4n) is 3.06. The number of fused-ring (bicyclic) bond motifs is 1. The van der Waals surface area contributed by atoms with Crippen molar-refractivity contribution < 1.29 is 9.53 Å². The van der Waals surface area contributed by atoms with Crippen molar-refractivity contribution in [3.63, 3.8) is 0 Å². The molecule has 0 saturated heterocycles. The second-order valence-corrected chi connectivity index (χ2v) is 5.77. The summed E-state index contributed by atoms with van der Waals surface area (Å²) in [5.41, 5.74) is 9.63. The van der Waals surface area contributed by atoms with E-state index in [1.807, 2.05) is 49.7 Å². The number of carbonyl (C=O) groups excluding carboxylic acids is 1. The van der Waals surface area contributed by atoms with E-state index in [2.05, 4.69) is 6.07 Å².